The van der Waals surface area contributed by atoms with Crippen LogP contribution < -0.4 is 10.6 Å². The predicted octanol–water partition coefficient (Wildman–Crippen LogP) is 1.36. The molecule has 2 unspecified atom stereocenters. The van der Waals surface area contributed by atoms with Crippen molar-refractivity contribution >= 4 is 12.0 Å². The lowest BCUT2D eigenvalue weighted by molar-refractivity contribution is -0.148. The molecule has 0 fully saturated rings. The van der Waals surface area contributed by atoms with Crippen molar-refractivity contribution in [2.24, 2.45) is 0 Å². The second-order valence-corrected chi connectivity index (χ2v) is 4.49. The number of esters is 1. The molecule has 6 heteroatoms. The highest BCUT2D eigenvalue weighted by atomic mass is 16.5. The highest BCUT2D eigenvalue weighted by Gasteiger charge is 2.30. The number of urea groups is 1. The van der Waals surface area contributed by atoms with Crippen molar-refractivity contribution in [1.82, 2.24) is 10.6 Å². The van der Waals surface area contributed by atoms with E-state index in [9.17, 15) is 14.7 Å². The third kappa shape index (κ3) is 5.43. The normalized spacial score (nSPS) is 13.1. The molecule has 0 aromatic heterocycles. The van der Waals surface area contributed by atoms with Gasteiger partial charge in [-0.1, -0.05) is 37.3 Å². The minimum absolute atomic E-state index is 0.176. The van der Waals surface area contributed by atoms with E-state index in [1.807, 2.05) is 6.92 Å². The highest BCUT2D eigenvalue weighted by molar-refractivity contribution is 5.84. The van der Waals surface area contributed by atoms with E-state index in [4.69, 9.17) is 4.74 Å². The standard InChI is InChI=1S/C15H22N2O4/c1-3-10-16-15(20)17-12(14(19)21-4-2)13(18)11-8-6-5-7-9-11/h5-9,12-13,18H,3-4,10H2,1-2H3,(H2,16,17,20). The number of rotatable bonds is 7. The van der Waals surface area contributed by atoms with E-state index in [2.05, 4.69) is 10.6 Å². The van der Waals surface area contributed by atoms with E-state index in [0.717, 1.165) is 6.42 Å². The van der Waals surface area contributed by atoms with Crippen molar-refractivity contribution in [2.75, 3.05) is 13.2 Å². The summed E-state index contributed by atoms with van der Waals surface area (Å²) < 4.78 is 4.91. The molecule has 2 atom stereocenters. The van der Waals surface area contributed by atoms with Crippen LogP contribution in [0.1, 0.15) is 31.9 Å². The molecule has 0 saturated heterocycles. The molecule has 0 aliphatic carbocycles. The van der Waals surface area contributed by atoms with Gasteiger partial charge >= 0.3 is 12.0 Å². The summed E-state index contributed by atoms with van der Waals surface area (Å²) in [6, 6.07) is 7.01. The molecule has 0 spiro atoms. The molecule has 0 radical (unpaired) electrons. The Hall–Kier alpha value is -2.08. The van der Waals surface area contributed by atoms with Gasteiger partial charge in [0.15, 0.2) is 6.04 Å². The van der Waals surface area contributed by atoms with Crippen molar-refractivity contribution in [3.05, 3.63) is 35.9 Å². The second-order valence-electron chi connectivity index (χ2n) is 4.49. The molecular weight excluding hydrogens is 272 g/mol. The lowest BCUT2D eigenvalue weighted by Gasteiger charge is -2.23. The van der Waals surface area contributed by atoms with Gasteiger partial charge in [-0.3, -0.25) is 0 Å². The summed E-state index contributed by atoms with van der Waals surface area (Å²) in [5.41, 5.74) is 0.534. The second kappa shape index (κ2) is 8.97. The van der Waals surface area contributed by atoms with Crippen molar-refractivity contribution in [3.63, 3.8) is 0 Å². The molecule has 0 aliphatic heterocycles. The maximum atomic E-state index is 11.9. The zero-order chi connectivity index (χ0) is 15.7. The van der Waals surface area contributed by atoms with Gasteiger partial charge in [-0.25, -0.2) is 9.59 Å². The van der Waals surface area contributed by atoms with E-state index in [0.29, 0.717) is 12.1 Å². The molecule has 1 rings (SSSR count). The number of ether oxygens (including phenoxy) is 1. The molecule has 6 nitrogen and oxygen atoms in total. The number of carbonyl (C=O) groups is 2. The van der Waals surface area contributed by atoms with Gasteiger partial charge in [0.25, 0.3) is 0 Å². The van der Waals surface area contributed by atoms with Gasteiger partial charge in [0.1, 0.15) is 6.10 Å². The van der Waals surface area contributed by atoms with Gasteiger partial charge < -0.3 is 20.5 Å². The molecule has 0 saturated carbocycles. The van der Waals surface area contributed by atoms with E-state index in [1.165, 1.54) is 0 Å². The largest absolute Gasteiger partial charge is 0.464 e. The Kier molecular flexibility index (Phi) is 7.25. The Balaban J connectivity index is 2.81. The summed E-state index contributed by atoms with van der Waals surface area (Å²) in [7, 11) is 0. The van der Waals surface area contributed by atoms with Crippen LogP contribution in [0.3, 0.4) is 0 Å². The number of carbonyl (C=O) groups excluding carboxylic acids is 2. The zero-order valence-electron chi connectivity index (χ0n) is 12.3. The summed E-state index contributed by atoms with van der Waals surface area (Å²) in [5.74, 6) is -0.666. The van der Waals surface area contributed by atoms with Gasteiger partial charge in [-0.15, -0.1) is 0 Å². The number of hydrogen-bond donors (Lipinski definition) is 3. The molecule has 0 aliphatic rings. The molecule has 1 aromatic rings. The van der Waals surface area contributed by atoms with Crippen LogP contribution in [0.4, 0.5) is 4.79 Å². The molecule has 116 valence electrons. The molecule has 2 amide bonds. The summed E-state index contributed by atoms with van der Waals surface area (Å²) in [4.78, 5) is 23.7. The number of nitrogens with one attached hydrogen (secondary N) is 2. The first-order chi connectivity index (χ1) is 10.1. The predicted molar refractivity (Wildman–Crippen MR) is 78.6 cm³/mol. The number of benzene rings is 1. The molecule has 0 bridgehead atoms. The molecular formula is C15H22N2O4. The van der Waals surface area contributed by atoms with Crippen molar-refractivity contribution < 1.29 is 19.4 Å². The van der Waals surface area contributed by atoms with Crippen molar-refractivity contribution in [3.8, 4) is 0 Å². The van der Waals surface area contributed by atoms with E-state index in [1.54, 1.807) is 37.3 Å². The fraction of sp³-hybridized carbons (Fsp3) is 0.467. The monoisotopic (exact) mass is 294 g/mol. The molecule has 21 heavy (non-hydrogen) atoms. The smallest absolute Gasteiger partial charge is 0.331 e. The number of aliphatic hydroxyl groups excluding tert-OH is 1. The first-order valence-electron chi connectivity index (χ1n) is 7.04. The lowest BCUT2D eigenvalue weighted by atomic mass is 10.0. The van der Waals surface area contributed by atoms with Crippen LogP contribution in [0.15, 0.2) is 30.3 Å². The minimum Gasteiger partial charge on any atom is -0.464 e. The summed E-state index contributed by atoms with van der Waals surface area (Å²) >= 11 is 0. The summed E-state index contributed by atoms with van der Waals surface area (Å²) in [6.45, 7) is 4.25. The average molecular weight is 294 g/mol. The molecule has 1 aromatic carbocycles. The first-order valence-corrected chi connectivity index (χ1v) is 7.04. The van der Waals surface area contributed by atoms with Gasteiger partial charge in [0, 0.05) is 6.54 Å². The minimum atomic E-state index is -1.17. The third-order valence-electron chi connectivity index (χ3n) is 2.82. The van der Waals surface area contributed by atoms with Crippen LogP contribution in [0.5, 0.6) is 0 Å². The molecule has 0 heterocycles. The topological polar surface area (TPSA) is 87.7 Å². The Morgan fingerprint density at radius 3 is 2.48 bits per heavy atom. The van der Waals surface area contributed by atoms with Crippen LogP contribution in [-0.4, -0.2) is 36.3 Å². The van der Waals surface area contributed by atoms with E-state index >= 15 is 0 Å². The highest BCUT2D eigenvalue weighted by Crippen LogP contribution is 2.17. The Morgan fingerprint density at radius 1 is 1.24 bits per heavy atom. The Labute approximate surface area is 124 Å². The van der Waals surface area contributed by atoms with Crippen LogP contribution in [-0.2, 0) is 9.53 Å². The Bertz CT molecular complexity index is 450. The molecule has 3 N–H and O–H groups in total. The van der Waals surface area contributed by atoms with Crippen molar-refractivity contribution in [2.45, 2.75) is 32.4 Å². The number of amides is 2. The van der Waals surface area contributed by atoms with Gasteiger partial charge in [-0.05, 0) is 18.9 Å². The maximum absolute atomic E-state index is 11.9. The fourth-order valence-corrected chi connectivity index (χ4v) is 1.77. The SMILES string of the molecule is CCCNC(=O)NC(C(=O)OCC)C(O)c1ccccc1. The van der Waals surface area contributed by atoms with Crippen LogP contribution >= 0.6 is 0 Å². The van der Waals surface area contributed by atoms with Crippen LogP contribution in [0, 0.1) is 0 Å². The van der Waals surface area contributed by atoms with Crippen molar-refractivity contribution in [1.29, 1.82) is 0 Å². The number of aliphatic hydroxyl groups is 1. The van der Waals surface area contributed by atoms with Gasteiger partial charge in [-0.2, -0.15) is 0 Å². The third-order valence-corrected chi connectivity index (χ3v) is 2.82. The lowest BCUT2D eigenvalue weighted by Crippen LogP contribution is -2.49. The summed E-state index contributed by atoms with van der Waals surface area (Å²) in [6.07, 6.45) is -0.392. The quantitative estimate of drug-likeness (QED) is 0.663. The number of hydrogen-bond acceptors (Lipinski definition) is 4. The van der Waals surface area contributed by atoms with E-state index in [-0.39, 0.29) is 6.61 Å². The zero-order valence-corrected chi connectivity index (χ0v) is 12.3. The first kappa shape index (κ1) is 17.0. The maximum Gasteiger partial charge on any atom is 0.331 e. The van der Waals surface area contributed by atoms with Crippen LogP contribution in [0.2, 0.25) is 0 Å². The fourth-order valence-electron chi connectivity index (χ4n) is 1.77. The van der Waals surface area contributed by atoms with Crippen LogP contribution in [0.25, 0.3) is 0 Å². The van der Waals surface area contributed by atoms with Gasteiger partial charge in [0.05, 0.1) is 6.61 Å². The average Bonchev–Trinajstić information content (AvgIpc) is 2.51. The Morgan fingerprint density at radius 2 is 1.90 bits per heavy atom. The van der Waals surface area contributed by atoms with Gasteiger partial charge in [0.2, 0.25) is 0 Å². The van der Waals surface area contributed by atoms with E-state index < -0.39 is 24.1 Å². The summed E-state index contributed by atoms with van der Waals surface area (Å²) in [5, 5.41) is 15.4.